The van der Waals surface area contributed by atoms with Crippen LogP contribution in [0.25, 0.3) is 11.0 Å². The maximum absolute atomic E-state index is 14.7. The summed E-state index contributed by atoms with van der Waals surface area (Å²) in [6.45, 7) is 2.49. The van der Waals surface area contributed by atoms with E-state index in [-0.39, 0.29) is 48.7 Å². The van der Waals surface area contributed by atoms with Crippen molar-refractivity contribution in [2.45, 2.75) is 44.6 Å². The first-order chi connectivity index (χ1) is 14.4. The maximum Gasteiger partial charge on any atom is 0.248 e. The Morgan fingerprint density at radius 2 is 2.00 bits per heavy atom. The Hall–Kier alpha value is -3.17. The van der Waals surface area contributed by atoms with Crippen LogP contribution in [0.5, 0.6) is 0 Å². The molecule has 0 spiro atoms. The normalized spacial score (nSPS) is 16.5. The predicted molar refractivity (Wildman–Crippen MR) is 107 cm³/mol. The van der Waals surface area contributed by atoms with Crippen molar-refractivity contribution in [1.29, 1.82) is 0 Å². The van der Waals surface area contributed by atoms with E-state index in [0.29, 0.717) is 23.4 Å². The third kappa shape index (κ3) is 3.94. The summed E-state index contributed by atoms with van der Waals surface area (Å²) in [4.78, 5) is 28.0. The Morgan fingerprint density at radius 1 is 1.23 bits per heavy atom. The van der Waals surface area contributed by atoms with Crippen molar-refractivity contribution in [1.82, 2.24) is 19.9 Å². The smallest absolute Gasteiger partial charge is 0.248 e. The third-order valence-corrected chi connectivity index (χ3v) is 5.22. The first-order valence-electron chi connectivity index (χ1n) is 9.79. The molecular weight excluding hydrogens is 397 g/mol. The lowest BCUT2D eigenvalue weighted by molar-refractivity contribution is -0.0361. The maximum atomic E-state index is 14.7. The van der Waals surface area contributed by atoms with Crippen LogP contribution >= 0.6 is 0 Å². The SMILES string of the molecule is CCNc1ncnc2[nH]cc(C(=O)c3ccc(NC4CCC(F)(F)CC4)nc3F)c12. The van der Waals surface area contributed by atoms with E-state index in [0.717, 1.165) is 0 Å². The third-order valence-electron chi connectivity index (χ3n) is 5.22. The average Bonchev–Trinajstić information content (AvgIpc) is 3.15. The van der Waals surface area contributed by atoms with E-state index < -0.39 is 17.7 Å². The first kappa shape index (κ1) is 20.1. The number of ketones is 1. The molecule has 1 aliphatic carbocycles. The minimum Gasteiger partial charge on any atom is -0.370 e. The van der Waals surface area contributed by atoms with Crippen LogP contribution in [0.2, 0.25) is 0 Å². The molecule has 3 N–H and O–H groups in total. The molecule has 0 aromatic carbocycles. The number of pyridine rings is 1. The number of carbonyl (C=O) groups excluding carboxylic acids is 1. The number of aromatic nitrogens is 4. The van der Waals surface area contributed by atoms with Gasteiger partial charge in [-0.15, -0.1) is 0 Å². The summed E-state index contributed by atoms with van der Waals surface area (Å²) in [7, 11) is 0. The van der Waals surface area contributed by atoms with Crippen LogP contribution in [0.1, 0.15) is 48.5 Å². The number of carbonyl (C=O) groups is 1. The summed E-state index contributed by atoms with van der Waals surface area (Å²) in [5, 5.41) is 6.53. The van der Waals surface area contributed by atoms with Crippen molar-refractivity contribution in [3.05, 3.63) is 41.7 Å². The summed E-state index contributed by atoms with van der Waals surface area (Å²) in [5.41, 5.74) is 0.505. The van der Waals surface area contributed by atoms with Gasteiger partial charge in [0.15, 0.2) is 5.78 Å². The van der Waals surface area contributed by atoms with Crippen LogP contribution in [0, 0.1) is 5.95 Å². The van der Waals surface area contributed by atoms with E-state index in [1.54, 1.807) is 0 Å². The lowest BCUT2D eigenvalue weighted by atomic mass is 9.92. The van der Waals surface area contributed by atoms with Gasteiger partial charge in [0, 0.05) is 31.6 Å². The fourth-order valence-corrected chi connectivity index (χ4v) is 3.67. The zero-order valence-electron chi connectivity index (χ0n) is 16.3. The fourth-order valence-electron chi connectivity index (χ4n) is 3.67. The van der Waals surface area contributed by atoms with Crippen LogP contribution in [0.4, 0.5) is 24.8 Å². The van der Waals surface area contributed by atoms with Gasteiger partial charge in [-0.1, -0.05) is 0 Å². The molecule has 0 bridgehead atoms. The Labute approximate surface area is 170 Å². The molecule has 7 nitrogen and oxygen atoms in total. The zero-order chi connectivity index (χ0) is 21.3. The van der Waals surface area contributed by atoms with E-state index in [9.17, 15) is 18.0 Å². The molecule has 0 saturated heterocycles. The number of aromatic amines is 1. The van der Waals surface area contributed by atoms with Gasteiger partial charge in [-0.2, -0.15) is 4.39 Å². The molecule has 0 atom stereocenters. The molecule has 0 amide bonds. The van der Waals surface area contributed by atoms with Crippen LogP contribution in [0.15, 0.2) is 24.7 Å². The first-order valence-corrected chi connectivity index (χ1v) is 9.79. The number of nitrogens with one attached hydrogen (secondary N) is 3. The lowest BCUT2D eigenvalue weighted by Crippen LogP contribution is -2.32. The van der Waals surface area contributed by atoms with Gasteiger partial charge in [0.25, 0.3) is 0 Å². The van der Waals surface area contributed by atoms with Gasteiger partial charge in [-0.05, 0) is 31.9 Å². The van der Waals surface area contributed by atoms with Crippen molar-refractivity contribution < 1.29 is 18.0 Å². The molecule has 4 rings (SSSR count). The molecule has 0 unspecified atom stereocenters. The fraction of sp³-hybridized carbons (Fsp3) is 0.400. The Morgan fingerprint density at radius 3 is 2.70 bits per heavy atom. The summed E-state index contributed by atoms with van der Waals surface area (Å²) >= 11 is 0. The highest BCUT2D eigenvalue weighted by Gasteiger charge is 2.35. The number of halogens is 3. The monoisotopic (exact) mass is 418 g/mol. The van der Waals surface area contributed by atoms with Gasteiger partial charge in [0.05, 0.1) is 16.5 Å². The quantitative estimate of drug-likeness (QED) is 0.411. The van der Waals surface area contributed by atoms with Gasteiger partial charge >= 0.3 is 0 Å². The number of anilines is 2. The lowest BCUT2D eigenvalue weighted by Gasteiger charge is -2.29. The van der Waals surface area contributed by atoms with Crippen molar-refractivity contribution in [2.75, 3.05) is 17.2 Å². The summed E-state index contributed by atoms with van der Waals surface area (Å²) < 4.78 is 41.2. The molecule has 3 aromatic heterocycles. The summed E-state index contributed by atoms with van der Waals surface area (Å²) in [5.74, 6) is -3.42. The molecule has 10 heteroatoms. The van der Waals surface area contributed by atoms with Crippen LogP contribution in [0.3, 0.4) is 0 Å². The minimum atomic E-state index is -2.64. The Bertz CT molecular complexity index is 1070. The van der Waals surface area contributed by atoms with E-state index in [1.165, 1.54) is 24.7 Å². The molecule has 30 heavy (non-hydrogen) atoms. The highest BCUT2D eigenvalue weighted by Crippen LogP contribution is 2.34. The highest BCUT2D eigenvalue weighted by atomic mass is 19.3. The second-order valence-corrected chi connectivity index (χ2v) is 7.32. The van der Waals surface area contributed by atoms with Crippen molar-refractivity contribution >= 4 is 28.5 Å². The number of hydrogen-bond donors (Lipinski definition) is 3. The minimum absolute atomic E-state index is 0.192. The average molecular weight is 418 g/mol. The van der Waals surface area contributed by atoms with E-state index in [1.807, 2.05) is 6.92 Å². The second-order valence-electron chi connectivity index (χ2n) is 7.32. The van der Waals surface area contributed by atoms with Crippen LogP contribution in [-0.2, 0) is 0 Å². The van der Waals surface area contributed by atoms with E-state index >= 15 is 0 Å². The van der Waals surface area contributed by atoms with Crippen LogP contribution in [-0.4, -0.2) is 44.2 Å². The Kier molecular flexibility index (Phi) is 5.31. The van der Waals surface area contributed by atoms with Gasteiger partial charge in [-0.25, -0.2) is 23.7 Å². The zero-order valence-corrected chi connectivity index (χ0v) is 16.3. The molecule has 158 valence electrons. The van der Waals surface area contributed by atoms with E-state index in [4.69, 9.17) is 0 Å². The van der Waals surface area contributed by atoms with Crippen molar-refractivity contribution in [3.8, 4) is 0 Å². The highest BCUT2D eigenvalue weighted by molar-refractivity contribution is 6.18. The summed E-state index contributed by atoms with van der Waals surface area (Å²) in [6.07, 6.45) is 2.98. The van der Waals surface area contributed by atoms with Gasteiger partial charge < -0.3 is 15.6 Å². The number of fused-ring (bicyclic) bond motifs is 1. The number of nitrogens with zero attached hydrogens (tertiary/aromatic N) is 3. The van der Waals surface area contributed by atoms with Gasteiger partial charge in [0.1, 0.15) is 23.6 Å². The number of H-pyrrole nitrogens is 1. The van der Waals surface area contributed by atoms with Crippen molar-refractivity contribution in [2.24, 2.45) is 0 Å². The predicted octanol–water partition coefficient (Wildman–Crippen LogP) is 4.14. The topological polar surface area (TPSA) is 95.6 Å². The number of hydrogen-bond acceptors (Lipinski definition) is 6. The largest absolute Gasteiger partial charge is 0.370 e. The molecule has 1 aliphatic rings. The standard InChI is InChI=1S/C20H21F3N6O/c1-2-24-18-15-13(9-25-19(15)27-10-26-18)16(30)12-3-4-14(29-17(12)21)28-11-5-7-20(22,23)8-6-11/h3-4,9-11H,2,5-8H2,1H3,(H,28,29)(H2,24,25,26,27). The van der Waals surface area contributed by atoms with Gasteiger partial charge in [-0.3, -0.25) is 4.79 Å². The van der Waals surface area contributed by atoms with Crippen molar-refractivity contribution in [3.63, 3.8) is 0 Å². The molecule has 1 saturated carbocycles. The molecule has 0 aliphatic heterocycles. The molecular formula is C20H21F3N6O. The van der Waals surface area contributed by atoms with E-state index in [2.05, 4.69) is 30.6 Å². The van der Waals surface area contributed by atoms with Gasteiger partial charge in [0.2, 0.25) is 11.9 Å². The van der Waals surface area contributed by atoms with Crippen LogP contribution < -0.4 is 10.6 Å². The molecule has 1 fully saturated rings. The molecule has 3 heterocycles. The summed E-state index contributed by atoms with van der Waals surface area (Å²) in [6, 6.07) is 2.63. The second kappa shape index (κ2) is 7.92. The molecule has 0 radical (unpaired) electrons. The number of rotatable bonds is 6. The molecule has 3 aromatic rings. The Balaban J connectivity index is 1.56. The number of alkyl halides is 2.